The Balaban J connectivity index is 1.42. The fourth-order valence-electron chi connectivity index (χ4n) is 5.45. The number of aromatic nitrogens is 1. The van der Waals surface area contributed by atoms with Crippen LogP contribution in [0.2, 0.25) is 0 Å². The van der Waals surface area contributed by atoms with Crippen LogP contribution < -0.4 is 14.8 Å². The molecule has 4 aromatic rings. The molecular weight excluding hydrogens is 534 g/mol. The van der Waals surface area contributed by atoms with Gasteiger partial charge < -0.3 is 29.5 Å². The number of phenols is 1. The van der Waals surface area contributed by atoms with Crippen LogP contribution in [-0.2, 0) is 17.8 Å². The molecule has 7 rings (SSSR count). The van der Waals surface area contributed by atoms with Crippen molar-refractivity contribution in [3.8, 4) is 23.0 Å². The van der Waals surface area contributed by atoms with E-state index >= 15 is 0 Å². The number of rotatable bonds is 3. The number of hydrogen-bond acceptors (Lipinski definition) is 7. The second kappa shape index (κ2) is 11.9. The molecule has 3 aliphatic heterocycles. The predicted molar refractivity (Wildman–Crippen MR) is 155 cm³/mol. The molecule has 0 aliphatic carbocycles. The standard InChI is InChI=1S/C33H31N3O6/c1-40-20-23-6-3-8-29(35-23)33(39)36-15-13-21-17-25-9-11-27(21)31(36)22-5-2-7-24(18-22)41-16-4-14-34-32(38)28-19-26(42-25)10-12-30(28)37/h2-3,5-12,17-19,31,37H,4,13-16,20H2,1H3,(H,34,38). The molecule has 0 saturated heterocycles. The van der Waals surface area contributed by atoms with Crippen LogP contribution in [0.5, 0.6) is 23.0 Å². The minimum absolute atomic E-state index is 0.123. The number of amides is 2. The van der Waals surface area contributed by atoms with Crippen molar-refractivity contribution in [2.24, 2.45) is 0 Å². The fraction of sp³-hybridized carbons (Fsp3) is 0.242. The molecular formula is C33H31N3O6. The maximum absolute atomic E-state index is 14.0. The molecule has 214 valence electrons. The zero-order chi connectivity index (χ0) is 29.1. The van der Waals surface area contributed by atoms with Crippen molar-refractivity contribution in [1.82, 2.24) is 15.2 Å². The van der Waals surface area contributed by atoms with E-state index in [0.29, 0.717) is 67.8 Å². The average molecular weight is 566 g/mol. The summed E-state index contributed by atoms with van der Waals surface area (Å²) in [4.78, 5) is 33.1. The van der Waals surface area contributed by atoms with Gasteiger partial charge in [0.15, 0.2) is 0 Å². The van der Waals surface area contributed by atoms with Gasteiger partial charge in [-0.1, -0.05) is 24.3 Å². The first-order valence-corrected chi connectivity index (χ1v) is 13.9. The SMILES string of the molecule is COCc1cccc(C(=O)N2CCc3cc4ccc3C2c2cccc(c2)OCCCNC(=O)c2cc(ccc2O)O4)n1. The largest absolute Gasteiger partial charge is 0.507 e. The molecule has 8 bridgehead atoms. The summed E-state index contributed by atoms with van der Waals surface area (Å²) in [6.07, 6.45) is 1.18. The number of nitrogens with one attached hydrogen (secondary N) is 1. The molecule has 9 nitrogen and oxygen atoms in total. The quantitative estimate of drug-likeness (QED) is 0.359. The first-order valence-electron chi connectivity index (χ1n) is 13.9. The highest BCUT2D eigenvalue weighted by molar-refractivity contribution is 5.97. The summed E-state index contributed by atoms with van der Waals surface area (Å²) >= 11 is 0. The normalized spacial score (nSPS) is 16.5. The average Bonchev–Trinajstić information content (AvgIpc) is 3.01. The van der Waals surface area contributed by atoms with Gasteiger partial charge in [0.1, 0.15) is 28.7 Å². The summed E-state index contributed by atoms with van der Waals surface area (Å²) in [6.45, 7) is 1.54. The molecule has 4 heterocycles. The molecule has 1 atom stereocenters. The van der Waals surface area contributed by atoms with Gasteiger partial charge in [-0.15, -0.1) is 0 Å². The Morgan fingerprint density at radius 1 is 1.05 bits per heavy atom. The maximum Gasteiger partial charge on any atom is 0.273 e. The van der Waals surface area contributed by atoms with Crippen LogP contribution in [0.1, 0.15) is 55.7 Å². The lowest BCUT2D eigenvalue weighted by Gasteiger charge is -2.38. The molecule has 0 saturated carbocycles. The molecule has 2 amide bonds. The predicted octanol–water partition coefficient (Wildman–Crippen LogP) is 5.03. The van der Waals surface area contributed by atoms with Gasteiger partial charge in [-0.25, -0.2) is 4.98 Å². The second-order valence-corrected chi connectivity index (χ2v) is 10.3. The van der Waals surface area contributed by atoms with E-state index < -0.39 is 0 Å². The summed E-state index contributed by atoms with van der Waals surface area (Å²) in [6, 6.07) is 23.2. The Kier molecular flexibility index (Phi) is 7.74. The van der Waals surface area contributed by atoms with E-state index in [-0.39, 0.29) is 29.2 Å². The number of methoxy groups -OCH3 is 1. The van der Waals surface area contributed by atoms with Crippen LogP contribution >= 0.6 is 0 Å². The number of benzene rings is 3. The van der Waals surface area contributed by atoms with E-state index in [1.165, 1.54) is 12.1 Å². The number of phenolic OH excluding ortho intramolecular Hbond substituents is 1. The van der Waals surface area contributed by atoms with E-state index in [0.717, 1.165) is 16.7 Å². The van der Waals surface area contributed by atoms with Crippen molar-refractivity contribution in [2.75, 3.05) is 26.8 Å². The summed E-state index contributed by atoms with van der Waals surface area (Å²) < 4.78 is 17.4. The van der Waals surface area contributed by atoms with Gasteiger partial charge in [-0.05, 0) is 84.1 Å². The highest BCUT2D eigenvalue weighted by atomic mass is 16.5. The zero-order valence-corrected chi connectivity index (χ0v) is 23.2. The second-order valence-electron chi connectivity index (χ2n) is 10.3. The molecule has 1 aromatic heterocycles. The lowest BCUT2D eigenvalue weighted by molar-refractivity contribution is 0.0687. The number of pyridine rings is 1. The van der Waals surface area contributed by atoms with Gasteiger partial charge >= 0.3 is 0 Å². The lowest BCUT2D eigenvalue weighted by Crippen LogP contribution is -2.41. The third kappa shape index (κ3) is 5.64. The molecule has 2 N–H and O–H groups in total. The summed E-state index contributed by atoms with van der Waals surface area (Å²) in [5, 5.41) is 13.1. The van der Waals surface area contributed by atoms with Gasteiger partial charge in [0, 0.05) is 20.2 Å². The summed E-state index contributed by atoms with van der Waals surface area (Å²) in [7, 11) is 1.60. The van der Waals surface area contributed by atoms with Gasteiger partial charge in [0.25, 0.3) is 11.8 Å². The van der Waals surface area contributed by atoms with Crippen LogP contribution in [0.3, 0.4) is 0 Å². The number of ether oxygens (including phenoxy) is 3. The third-order valence-electron chi connectivity index (χ3n) is 7.42. The number of hydrogen-bond donors (Lipinski definition) is 2. The van der Waals surface area contributed by atoms with Crippen molar-refractivity contribution in [1.29, 1.82) is 0 Å². The molecule has 9 heteroatoms. The number of nitrogens with zero attached hydrogens (tertiary/aromatic N) is 2. The number of aromatic hydroxyl groups is 1. The van der Waals surface area contributed by atoms with Crippen molar-refractivity contribution < 1.29 is 28.9 Å². The maximum atomic E-state index is 14.0. The van der Waals surface area contributed by atoms with E-state index in [1.54, 1.807) is 19.2 Å². The first-order chi connectivity index (χ1) is 20.5. The van der Waals surface area contributed by atoms with Crippen LogP contribution in [0.4, 0.5) is 0 Å². The van der Waals surface area contributed by atoms with Gasteiger partial charge in [0.05, 0.1) is 30.5 Å². The van der Waals surface area contributed by atoms with Crippen LogP contribution in [0.15, 0.2) is 78.9 Å². The van der Waals surface area contributed by atoms with Crippen LogP contribution in [0.25, 0.3) is 0 Å². The Bertz CT molecular complexity index is 1640. The monoisotopic (exact) mass is 565 g/mol. The van der Waals surface area contributed by atoms with Crippen molar-refractivity contribution in [3.63, 3.8) is 0 Å². The van der Waals surface area contributed by atoms with Crippen molar-refractivity contribution in [2.45, 2.75) is 25.5 Å². The minimum Gasteiger partial charge on any atom is -0.507 e. The minimum atomic E-state index is -0.388. The molecule has 1 unspecified atom stereocenters. The van der Waals surface area contributed by atoms with E-state index in [9.17, 15) is 14.7 Å². The first kappa shape index (κ1) is 27.3. The van der Waals surface area contributed by atoms with Gasteiger partial charge in [-0.2, -0.15) is 0 Å². The topological polar surface area (TPSA) is 110 Å². The molecule has 3 aliphatic rings. The molecule has 0 fully saturated rings. The van der Waals surface area contributed by atoms with Crippen LogP contribution in [-0.4, -0.2) is 53.6 Å². The fourth-order valence-corrected chi connectivity index (χ4v) is 5.45. The number of carbonyl (C=O) groups excluding carboxylic acids is 2. The Hall–Kier alpha value is -4.89. The molecule has 0 spiro atoms. The highest BCUT2D eigenvalue weighted by Gasteiger charge is 2.34. The molecule has 0 radical (unpaired) electrons. The Morgan fingerprint density at radius 3 is 2.76 bits per heavy atom. The number of fused-ring (bicyclic) bond motifs is 6. The molecule has 42 heavy (non-hydrogen) atoms. The van der Waals surface area contributed by atoms with Crippen molar-refractivity contribution >= 4 is 11.8 Å². The van der Waals surface area contributed by atoms with E-state index in [1.807, 2.05) is 59.5 Å². The van der Waals surface area contributed by atoms with Gasteiger partial charge in [0.2, 0.25) is 0 Å². The molecule has 3 aromatic carbocycles. The summed E-state index contributed by atoms with van der Waals surface area (Å²) in [5.74, 6) is 1.02. The third-order valence-corrected chi connectivity index (χ3v) is 7.42. The highest BCUT2D eigenvalue weighted by Crippen LogP contribution is 2.39. The lowest BCUT2D eigenvalue weighted by atomic mass is 9.87. The van der Waals surface area contributed by atoms with Gasteiger partial charge in [-0.3, -0.25) is 9.59 Å². The Morgan fingerprint density at radius 2 is 1.88 bits per heavy atom. The smallest absolute Gasteiger partial charge is 0.273 e. The zero-order valence-electron chi connectivity index (χ0n) is 23.2. The number of carbonyl (C=O) groups is 2. The van der Waals surface area contributed by atoms with Crippen LogP contribution in [0, 0.1) is 0 Å². The van der Waals surface area contributed by atoms with E-state index in [4.69, 9.17) is 14.2 Å². The Labute approximate surface area is 243 Å². The summed E-state index contributed by atoms with van der Waals surface area (Å²) in [5.41, 5.74) is 4.14. The van der Waals surface area contributed by atoms with E-state index in [2.05, 4.69) is 10.3 Å². The van der Waals surface area contributed by atoms with Crippen molar-refractivity contribution in [3.05, 3.63) is 113 Å².